The van der Waals surface area contributed by atoms with E-state index in [9.17, 15) is 5.11 Å². The zero-order chi connectivity index (χ0) is 14.0. The van der Waals surface area contributed by atoms with Crippen molar-refractivity contribution in [2.75, 3.05) is 18.0 Å². The quantitative estimate of drug-likeness (QED) is 0.874. The summed E-state index contributed by atoms with van der Waals surface area (Å²) in [5, 5.41) is 10.1. The van der Waals surface area contributed by atoms with Crippen LogP contribution in [0, 0.1) is 0 Å². The molecule has 0 aliphatic carbocycles. The first-order valence-corrected chi connectivity index (χ1v) is 6.98. The minimum absolute atomic E-state index is 0.190. The number of hydrogen-bond donors (Lipinski definition) is 2. The average molecular weight is 264 g/mol. The third-order valence-corrected chi connectivity index (χ3v) is 3.52. The molecule has 1 aliphatic rings. The highest BCUT2D eigenvalue weighted by atomic mass is 16.5. The summed E-state index contributed by atoms with van der Waals surface area (Å²) in [6.45, 7) is 7.78. The fourth-order valence-corrected chi connectivity index (χ4v) is 2.51. The second-order valence-electron chi connectivity index (χ2n) is 5.49. The van der Waals surface area contributed by atoms with Crippen LogP contribution in [0.1, 0.15) is 38.9 Å². The number of hydrogen-bond acceptors (Lipinski definition) is 4. The molecule has 4 heteroatoms. The van der Waals surface area contributed by atoms with Gasteiger partial charge in [0.2, 0.25) is 0 Å². The maximum Gasteiger partial charge on any atom is 0.143 e. The van der Waals surface area contributed by atoms with E-state index in [0.29, 0.717) is 19.0 Å². The van der Waals surface area contributed by atoms with Crippen LogP contribution < -0.4 is 15.4 Å². The van der Waals surface area contributed by atoms with E-state index in [-0.39, 0.29) is 6.10 Å². The van der Waals surface area contributed by atoms with Crippen LogP contribution in [0.25, 0.3) is 0 Å². The van der Waals surface area contributed by atoms with E-state index in [1.165, 1.54) is 0 Å². The van der Waals surface area contributed by atoms with Crippen molar-refractivity contribution in [2.24, 2.45) is 5.73 Å². The lowest BCUT2D eigenvalue weighted by Gasteiger charge is -2.38. The lowest BCUT2D eigenvalue weighted by atomic mass is 10.0. The van der Waals surface area contributed by atoms with Crippen molar-refractivity contribution in [1.82, 2.24) is 0 Å². The summed E-state index contributed by atoms with van der Waals surface area (Å²) >= 11 is 0. The van der Waals surface area contributed by atoms with Gasteiger partial charge in [0, 0.05) is 6.04 Å². The van der Waals surface area contributed by atoms with Gasteiger partial charge in [-0.15, -0.1) is 0 Å². The van der Waals surface area contributed by atoms with E-state index in [1.54, 1.807) is 0 Å². The van der Waals surface area contributed by atoms with Crippen LogP contribution in [0.4, 0.5) is 5.69 Å². The Balaban J connectivity index is 2.33. The van der Waals surface area contributed by atoms with E-state index < -0.39 is 6.10 Å². The Hall–Kier alpha value is -1.26. The van der Waals surface area contributed by atoms with Gasteiger partial charge in [-0.2, -0.15) is 0 Å². The molecule has 106 valence electrons. The fraction of sp³-hybridized carbons (Fsp3) is 0.600. The van der Waals surface area contributed by atoms with Crippen molar-refractivity contribution in [2.45, 2.75) is 45.4 Å². The van der Waals surface area contributed by atoms with Crippen LogP contribution in [0.15, 0.2) is 18.2 Å². The Labute approximate surface area is 115 Å². The van der Waals surface area contributed by atoms with Gasteiger partial charge in [-0.3, -0.25) is 0 Å². The standard InChI is InChI=1S/C15H24N2O2/c1-10(2)17-9-11(3)19-15-5-4-12(8-13(15)17)14(18)6-7-16/h4-5,8,10-11,14,18H,6-7,9,16H2,1-3H3. The molecular weight excluding hydrogens is 240 g/mol. The number of benzene rings is 1. The van der Waals surface area contributed by atoms with Gasteiger partial charge in [0.1, 0.15) is 11.9 Å². The first-order valence-electron chi connectivity index (χ1n) is 6.98. The van der Waals surface area contributed by atoms with Crippen molar-refractivity contribution in [1.29, 1.82) is 0 Å². The number of rotatable bonds is 4. The van der Waals surface area contributed by atoms with Crippen molar-refractivity contribution < 1.29 is 9.84 Å². The molecule has 4 nitrogen and oxygen atoms in total. The Bertz CT molecular complexity index is 434. The summed E-state index contributed by atoms with van der Waals surface area (Å²) in [5.41, 5.74) is 7.48. The largest absolute Gasteiger partial charge is 0.487 e. The molecule has 0 saturated carbocycles. The molecule has 1 aromatic carbocycles. The number of nitrogens with zero attached hydrogens (tertiary/aromatic N) is 1. The first kappa shape index (κ1) is 14.2. The normalized spacial score (nSPS) is 20.1. The monoisotopic (exact) mass is 264 g/mol. The van der Waals surface area contributed by atoms with E-state index in [1.807, 2.05) is 18.2 Å². The maximum absolute atomic E-state index is 10.1. The zero-order valence-corrected chi connectivity index (χ0v) is 12.0. The molecule has 2 atom stereocenters. The summed E-state index contributed by atoms with van der Waals surface area (Å²) in [5.74, 6) is 0.899. The van der Waals surface area contributed by atoms with Gasteiger partial charge >= 0.3 is 0 Å². The Morgan fingerprint density at radius 3 is 2.84 bits per heavy atom. The predicted molar refractivity (Wildman–Crippen MR) is 77.6 cm³/mol. The zero-order valence-electron chi connectivity index (χ0n) is 12.0. The first-order chi connectivity index (χ1) is 9.02. The Kier molecular flexibility index (Phi) is 4.32. The molecule has 0 radical (unpaired) electrons. The summed E-state index contributed by atoms with van der Waals surface area (Å²) in [4.78, 5) is 2.32. The van der Waals surface area contributed by atoms with Gasteiger partial charge in [0.05, 0.1) is 18.3 Å². The van der Waals surface area contributed by atoms with Crippen LogP contribution in [0.3, 0.4) is 0 Å². The fourth-order valence-electron chi connectivity index (χ4n) is 2.51. The molecule has 3 N–H and O–H groups in total. The van der Waals surface area contributed by atoms with Crippen molar-refractivity contribution >= 4 is 5.69 Å². The van der Waals surface area contributed by atoms with Gasteiger partial charge in [0.15, 0.2) is 0 Å². The molecule has 2 unspecified atom stereocenters. The molecule has 0 spiro atoms. The minimum Gasteiger partial charge on any atom is -0.487 e. The Morgan fingerprint density at radius 1 is 1.47 bits per heavy atom. The highest BCUT2D eigenvalue weighted by Crippen LogP contribution is 2.37. The SMILES string of the molecule is CC1CN(C(C)C)c2cc(C(O)CCN)ccc2O1. The van der Waals surface area contributed by atoms with Crippen molar-refractivity contribution in [3.8, 4) is 5.75 Å². The molecule has 0 bridgehead atoms. The maximum atomic E-state index is 10.1. The molecule has 1 aromatic rings. The lowest BCUT2D eigenvalue weighted by molar-refractivity contribution is 0.169. The second kappa shape index (κ2) is 5.80. The minimum atomic E-state index is -0.497. The van der Waals surface area contributed by atoms with E-state index in [2.05, 4.69) is 25.7 Å². The third-order valence-electron chi connectivity index (χ3n) is 3.52. The van der Waals surface area contributed by atoms with Crippen LogP contribution in [0.5, 0.6) is 5.75 Å². The molecule has 0 aromatic heterocycles. The molecular formula is C15H24N2O2. The number of ether oxygens (including phenoxy) is 1. The highest BCUT2D eigenvalue weighted by Gasteiger charge is 2.25. The number of anilines is 1. The smallest absolute Gasteiger partial charge is 0.143 e. The molecule has 1 aliphatic heterocycles. The predicted octanol–water partition coefficient (Wildman–Crippen LogP) is 2.06. The van der Waals surface area contributed by atoms with Crippen LogP contribution in [-0.4, -0.2) is 30.3 Å². The van der Waals surface area contributed by atoms with Gasteiger partial charge in [-0.25, -0.2) is 0 Å². The number of nitrogens with two attached hydrogens (primary N) is 1. The highest BCUT2D eigenvalue weighted by molar-refractivity contribution is 5.62. The van der Waals surface area contributed by atoms with E-state index >= 15 is 0 Å². The van der Waals surface area contributed by atoms with Crippen molar-refractivity contribution in [3.63, 3.8) is 0 Å². The van der Waals surface area contributed by atoms with Gasteiger partial charge in [0.25, 0.3) is 0 Å². The molecule has 1 heterocycles. The summed E-state index contributed by atoms with van der Waals surface area (Å²) in [7, 11) is 0. The second-order valence-corrected chi connectivity index (χ2v) is 5.49. The number of aliphatic hydroxyl groups is 1. The summed E-state index contributed by atoms with van der Waals surface area (Å²) in [6.07, 6.45) is 0.274. The van der Waals surface area contributed by atoms with Crippen LogP contribution in [-0.2, 0) is 0 Å². The number of aliphatic hydroxyl groups excluding tert-OH is 1. The summed E-state index contributed by atoms with van der Waals surface area (Å²) < 4.78 is 5.86. The lowest BCUT2D eigenvalue weighted by Crippen LogP contribution is -2.42. The Morgan fingerprint density at radius 2 is 2.21 bits per heavy atom. The topological polar surface area (TPSA) is 58.7 Å². The van der Waals surface area contributed by atoms with Gasteiger partial charge < -0.3 is 20.5 Å². The van der Waals surface area contributed by atoms with Crippen LogP contribution >= 0.6 is 0 Å². The summed E-state index contributed by atoms with van der Waals surface area (Å²) in [6, 6.07) is 6.32. The van der Waals surface area contributed by atoms with E-state index in [4.69, 9.17) is 10.5 Å². The van der Waals surface area contributed by atoms with Gasteiger partial charge in [-0.1, -0.05) is 6.07 Å². The average Bonchev–Trinajstić information content (AvgIpc) is 2.37. The molecule has 0 amide bonds. The third kappa shape index (κ3) is 3.01. The number of fused-ring (bicyclic) bond motifs is 1. The van der Waals surface area contributed by atoms with Crippen molar-refractivity contribution in [3.05, 3.63) is 23.8 Å². The molecule has 0 saturated heterocycles. The van der Waals surface area contributed by atoms with Gasteiger partial charge in [-0.05, 0) is 51.4 Å². The van der Waals surface area contributed by atoms with E-state index in [0.717, 1.165) is 23.5 Å². The molecule has 19 heavy (non-hydrogen) atoms. The molecule has 2 rings (SSSR count). The molecule has 0 fully saturated rings. The van der Waals surface area contributed by atoms with Crippen LogP contribution in [0.2, 0.25) is 0 Å².